The smallest absolute Gasteiger partial charge is 0.267 e. The Kier molecular flexibility index (Phi) is 2.32. The van der Waals surface area contributed by atoms with E-state index in [9.17, 15) is 0 Å². The average Bonchev–Trinajstić information content (AvgIpc) is 3.00. The fraction of sp³-hybridized carbons (Fsp3) is 0. The van der Waals surface area contributed by atoms with E-state index < -0.39 is 0 Å². The summed E-state index contributed by atoms with van der Waals surface area (Å²) in [5.74, 6) is 0.437. The first-order chi connectivity index (χ1) is 9.92. The SMILES string of the molecule is c1ccc2c(Nc3nn[nH]n3)c3ccccc3nc2c1. The number of aromatic nitrogens is 5. The lowest BCUT2D eigenvalue weighted by atomic mass is 10.1. The molecule has 4 aromatic rings. The van der Waals surface area contributed by atoms with Gasteiger partial charge in [0.25, 0.3) is 5.95 Å². The molecule has 0 aliphatic heterocycles. The molecule has 0 radical (unpaired) electrons. The van der Waals surface area contributed by atoms with Crippen molar-refractivity contribution < 1.29 is 0 Å². The lowest BCUT2D eigenvalue weighted by Crippen LogP contribution is -1.96. The Morgan fingerprint density at radius 2 is 1.50 bits per heavy atom. The van der Waals surface area contributed by atoms with E-state index in [1.165, 1.54) is 0 Å². The number of tetrazole rings is 1. The van der Waals surface area contributed by atoms with Crippen molar-refractivity contribution >= 4 is 33.4 Å². The molecule has 2 aromatic heterocycles. The maximum Gasteiger partial charge on any atom is 0.267 e. The molecule has 0 saturated carbocycles. The first-order valence-corrected chi connectivity index (χ1v) is 6.20. The molecule has 20 heavy (non-hydrogen) atoms. The number of fused-ring (bicyclic) bond motifs is 2. The molecule has 0 spiro atoms. The molecule has 2 heterocycles. The number of hydrogen-bond donors (Lipinski definition) is 2. The average molecular weight is 262 g/mol. The highest BCUT2D eigenvalue weighted by Crippen LogP contribution is 2.31. The molecule has 6 heteroatoms. The van der Waals surface area contributed by atoms with Gasteiger partial charge in [0.2, 0.25) is 0 Å². The summed E-state index contributed by atoms with van der Waals surface area (Å²) in [6, 6.07) is 15.9. The zero-order chi connectivity index (χ0) is 13.4. The molecule has 0 aliphatic rings. The van der Waals surface area contributed by atoms with E-state index >= 15 is 0 Å². The predicted octanol–water partition coefficient (Wildman–Crippen LogP) is 2.64. The molecular weight excluding hydrogens is 252 g/mol. The van der Waals surface area contributed by atoms with E-state index in [2.05, 4.69) is 30.9 Å². The van der Waals surface area contributed by atoms with Gasteiger partial charge in [-0.2, -0.15) is 5.21 Å². The number of benzene rings is 2. The van der Waals surface area contributed by atoms with Gasteiger partial charge in [-0.25, -0.2) is 4.98 Å². The molecule has 0 bridgehead atoms. The van der Waals surface area contributed by atoms with Crippen molar-refractivity contribution in [3.8, 4) is 0 Å². The van der Waals surface area contributed by atoms with Crippen LogP contribution < -0.4 is 5.32 Å². The molecule has 96 valence electrons. The predicted molar refractivity (Wildman–Crippen MR) is 76.7 cm³/mol. The summed E-state index contributed by atoms with van der Waals surface area (Å²) >= 11 is 0. The van der Waals surface area contributed by atoms with Crippen LogP contribution in [-0.4, -0.2) is 25.6 Å². The third-order valence-electron chi connectivity index (χ3n) is 3.17. The minimum Gasteiger partial charge on any atom is -0.320 e. The Hall–Kier alpha value is -3.02. The molecule has 0 unspecified atom stereocenters. The molecular formula is C14H10N6. The summed E-state index contributed by atoms with van der Waals surface area (Å²) in [5, 5.41) is 19.2. The highest BCUT2D eigenvalue weighted by molar-refractivity contribution is 6.08. The van der Waals surface area contributed by atoms with Crippen molar-refractivity contribution in [1.82, 2.24) is 25.6 Å². The van der Waals surface area contributed by atoms with Crippen LogP contribution >= 0.6 is 0 Å². The molecule has 0 fully saturated rings. The maximum atomic E-state index is 4.66. The summed E-state index contributed by atoms with van der Waals surface area (Å²) in [5.41, 5.74) is 2.79. The number of rotatable bonds is 2. The minimum absolute atomic E-state index is 0.437. The standard InChI is InChI=1S/C14H10N6/c1-3-7-11-9(5-1)13(16-14-17-19-20-18-14)10-6-2-4-8-12(10)15-11/h1-8H,(H2,15,16,17,18,19,20). The zero-order valence-electron chi connectivity index (χ0n) is 10.4. The van der Waals surface area contributed by atoms with Gasteiger partial charge in [0.15, 0.2) is 0 Å². The van der Waals surface area contributed by atoms with Crippen LogP contribution in [0.5, 0.6) is 0 Å². The van der Waals surface area contributed by atoms with E-state index in [0.29, 0.717) is 5.95 Å². The normalized spacial score (nSPS) is 11.0. The highest BCUT2D eigenvalue weighted by atomic mass is 15.5. The monoisotopic (exact) mass is 262 g/mol. The van der Waals surface area contributed by atoms with E-state index in [1.807, 2.05) is 48.5 Å². The molecule has 0 amide bonds. The molecule has 4 rings (SSSR count). The van der Waals surface area contributed by atoms with Gasteiger partial charge in [0.1, 0.15) is 0 Å². The Bertz CT molecular complexity index is 831. The van der Waals surface area contributed by atoms with Crippen LogP contribution in [0.15, 0.2) is 48.5 Å². The number of anilines is 2. The number of nitrogens with zero attached hydrogens (tertiary/aromatic N) is 4. The first kappa shape index (κ1) is 10.9. The van der Waals surface area contributed by atoms with Gasteiger partial charge in [-0.1, -0.05) is 41.5 Å². The number of H-pyrrole nitrogens is 1. The number of para-hydroxylation sites is 2. The van der Waals surface area contributed by atoms with Gasteiger partial charge in [0.05, 0.1) is 16.7 Å². The van der Waals surface area contributed by atoms with Crippen LogP contribution in [0.1, 0.15) is 0 Å². The van der Waals surface area contributed by atoms with Gasteiger partial charge < -0.3 is 5.32 Å². The lowest BCUT2D eigenvalue weighted by Gasteiger charge is -2.10. The number of hydrogen-bond acceptors (Lipinski definition) is 5. The molecule has 0 saturated heterocycles. The van der Waals surface area contributed by atoms with Gasteiger partial charge in [0, 0.05) is 10.8 Å². The fourth-order valence-electron chi connectivity index (χ4n) is 2.30. The van der Waals surface area contributed by atoms with E-state index in [0.717, 1.165) is 27.5 Å². The van der Waals surface area contributed by atoms with E-state index in [4.69, 9.17) is 0 Å². The first-order valence-electron chi connectivity index (χ1n) is 6.20. The second kappa shape index (κ2) is 4.27. The van der Waals surface area contributed by atoms with Gasteiger partial charge in [-0.05, 0) is 17.3 Å². The third kappa shape index (κ3) is 1.66. The minimum atomic E-state index is 0.437. The van der Waals surface area contributed by atoms with Crippen molar-refractivity contribution in [2.24, 2.45) is 0 Å². The molecule has 2 aromatic carbocycles. The van der Waals surface area contributed by atoms with Crippen molar-refractivity contribution in [3.05, 3.63) is 48.5 Å². The lowest BCUT2D eigenvalue weighted by molar-refractivity contribution is 0.881. The quantitative estimate of drug-likeness (QED) is 0.543. The van der Waals surface area contributed by atoms with Crippen molar-refractivity contribution in [2.45, 2.75) is 0 Å². The van der Waals surface area contributed by atoms with Gasteiger partial charge in [-0.15, -0.1) is 5.10 Å². The molecule has 0 aliphatic carbocycles. The summed E-state index contributed by atoms with van der Waals surface area (Å²) in [7, 11) is 0. The summed E-state index contributed by atoms with van der Waals surface area (Å²) < 4.78 is 0. The second-order valence-electron chi connectivity index (χ2n) is 4.38. The molecule has 6 nitrogen and oxygen atoms in total. The number of aromatic amines is 1. The summed E-state index contributed by atoms with van der Waals surface area (Å²) in [4.78, 5) is 4.66. The van der Waals surface area contributed by atoms with Crippen LogP contribution in [0.3, 0.4) is 0 Å². The van der Waals surface area contributed by atoms with Crippen molar-refractivity contribution in [1.29, 1.82) is 0 Å². The summed E-state index contributed by atoms with van der Waals surface area (Å²) in [6.45, 7) is 0. The van der Waals surface area contributed by atoms with Crippen LogP contribution in [-0.2, 0) is 0 Å². The second-order valence-corrected chi connectivity index (χ2v) is 4.38. The largest absolute Gasteiger partial charge is 0.320 e. The van der Waals surface area contributed by atoms with Crippen LogP contribution in [0, 0.1) is 0 Å². The fourth-order valence-corrected chi connectivity index (χ4v) is 2.30. The Morgan fingerprint density at radius 3 is 2.10 bits per heavy atom. The van der Waals surface area contributed by atoms with Crippen LogP contribution in [0.2, 0.25) is 0 Å². The van der Waals surface area contributed by atoms with E-state index in [-0.39, 0.29) is 0 Å². The topological polar surface area (TPSA) is 79.4 Å². The maximum absolute atomic E-state index is 4.66. The highest BCUT2D eigenvalue weighted by Gasteiger charge is 2.10. The number of nitrogens with one attached hydrogen (secondary N) is 2. The zero-order valence-corrected chi connectivity index (χ0v) is 10.4. The van der Waals surface area contributed by atoms with Crippen molar-refractivity contribution in [3.63, 3.8) is 0 Å². The number of pyridine rings is 1. The Balaban J connectivity index is 2.06. The van der Waals surface area contributed by atoms with E-state index in [1.54, 1.807) is 0 Å². The third-order valence-corrected chi connectivity index (χ3v) is 3.17. The Labute approximate surface area is 113 Å². The van der Waals surface area contributed by atoms with Gasteiger partial charge >= 0.3 is 0 Å². The van der Waals surface area contributed by atoms with Gasteiger partial charge in [-0.3, -0.25) is 0 Å². The van der Waals surface area contributed by atoms with Crippen molar-refractivity contribution in [2.75, 3.05) is 5.32 Å². The van der Waals surface area contributed by atoms with Crippen LogP contribution in [0.25, 0.3) is 21.8 Å². The molecule has 0 atom stereocenters. The van der Waals surface area contributed by atoms with Crippen LogP contribution in [0.4, 0.5) is 11.6 Å². The summed E-state index contributed by atoms with van der Waals surface area (Å²) in [6.07, 6.45) is 0. The Morgan fingerprint density at radius 1 is 0.850 bits per heavy atom. The molecule has 2 N–H and O–H groups in total.